The van der Waals surface area contributed by atoms with E-state index in [1.54, 1.807) is 4.90 Å². The van der Waals surface area contributed by atoms with Gasteiger partial charge in [0, 0.05) is 33.0 Å². The maximum absolute atomic E-state index is 12.8. The van der Waals surface area contributed by atoms with Crippen molar-refractivity contribution in [1.82, 2.24) is 14.8 Å². The van der Waals surface area contributed by atoms with E-state index in [1.807, 2.05) is 44.7 Å². The Bertz CT molecular complexity index is 657. The summed E-state index contributed by atoms with van der Waals surface area (Å²) in [4.78, 5) is 20.9. The van der Waals surface area contributed by atoms with Gasteiger partial charge in [-0.3, -0.25) is 14.7 Å². The van der Waals surface area contributed by atoms with E-state index in [9.17, 15) is 4.79 Å². The zero-order chi connectivity index (χ0) is 16.9. The molecule has 1 aliphatic rings. The Labute approximate surface area is 144 Å². The van der Waals surface area contributed by atoms with E-state index >= 15 is 0 Å². The third kappa shape index (κ3) is 3.82. The fourth-order valence-corrected chi connectivity index (χ4v) is 3.51. The number of likely N-dealkylation sites (N-methyl/N-ethyl adjacent to an activating group) is 1. The number of rotatable bonds is 5. The molecule has 0 N–H and O–H groups in total. The minimum Gasteiger partial charge on any atom is -0.347 e. The van der Waals surface area contributed by atoms with Crippen molar-refractivity contribution in [1.29, 1.82) is 0 Å². The van der Waals surface area contributed by atoms with Crippen molar-refractivity contribution in [3.05, 3.63) is 66.0 Å². The molecule has 0 aliphatic carbocycles. The Morgan fingerprint density at radius 2 is 1.92 bits per heavy atom. The molecule has 0 spiro atoms. The van der Waals surface area contributed by atoms with Crippen LogP contribution in [-0.4, -0.2) is 47.9 Å². The van der Waals surface area contributed by atoms with E-state index in [0.29, 0.717) is 5.92 Å². The molecule has 1 fully saturated rings. The Morgan fingerprint density at radius 3 is 2.58 bits per heavy atom. The zero-order valence-corrected chi connectivity index (χ0v) is 14.4. The largest absolute Gasteiger partial charge is 0.347 e. The molecule has 1 aromatic carbocycles. The van der Waals surface area contributed by atoms with Crippen LogP contribution in [0.2, 0.25) is 0 Å². The topological polar surface area (TPSA) is 36.4 Å². The third-order valence-electron chi connectivity index (χ3n) is 4.75. The van der Waals surface area contributed by atoms with Crippen LogP contribution in [0, 0.1) is 5.92 Å². The van der Waals surface area contributed by atoms with Crippen LogP contribution in [0.3, 0.4) is 0 Å². The smallest absolute Gasteiger partial charge is 0.244 e. The van der Waals surface area contributed by atoms with Crippen LogP contribution in [0.5, 0.6) is 0 Å². The molecule has 2 unspecified atom stereocenters. The highest BCUT2D eigenvalue weighted by atomic mass is 16.2. The lowest BCUT2D eigenvalue weighted by Gasteiger charge is -2.29. The molecule has 3 rings (SSSR count). The molecule has 24 heavy (non-hydrogen) atoms. The summed E-state index contributed by atoms with van der Waals surface area (Å²) in [5, 5.41) is 0. The van der Waals surface area contributed by atoms with Gasteiger partial charge < -0.3 is 4.90 Å². The number of aromatic nitrogens is 1. The first-order valence-corrected chi connectivity index (χ1v) is 8.54. The number of hydrogen-bond donors (Lipinski definition) is 0. The van der Waals surface area contributed by atoms with Crippen molar-refractivity contribution in [2.75, 3.05) is 27.2 Å². The van der Waals surface area contributed by atoms with Gasteiger partial charge in [0.25, 0.3) is 0 Å². The van der Waals surface area contributed by atoms with Gasteiger partial charge in [-0.1, -0.05) is 30.3 Å². The van der Waals surface area contributed by atoms with Gasteiger partial charge in [0.2, 0.25) is 5.91 Å². The van der Waals surface area contributed by atoms with E-state index in [2.05, 4.69) is 34.1 Å². The minimum absolute atomic E-state index is 0.158. The average Bonchev–Trinajstić information content (AvgIpc) is 3.05. The molecule has 1 aliphatic heterocycles. The number of nitrogens with zero attached hydrogens (tertiary/aromatic N) is 3. The molecular weight excluding hydrogens is 298 g/mol. The summed E-state index contributed by atoms with van der Waals surface area (Å²) in [7, 11) is 3.67. The van der Waals surface area contributed by atoms with Crippen molar-refractivity contribution < 1.29 is 4.79 Å². The van der Waals surface area contributed by atoms with Crippen molar-refractivity contribution in [3.8, 4) is 0 Å². The quantitative estimate of drug-likeness (QED) is 0.849. The molecule has 0 radical (unpaired) electrons. The van der Waals surface area contributed by atoms with E-state index < -0.39 is 0 Å². The van der Waals surface area contributed by atoms with Crippen LogP contribution >= 0.6 is 0 Å². The van der Waals surface area contributed by atoms with E-state index in [4.69, 9.17) is 0 Å². The predicted molar refractivity (Wildman–Crippen MR) is 95.5 cm³/mol. The van der Waals surface area contributed by atoms with Crippen molar-refractivity contribution in [3.63, 3.8) is 0 Å². The van der Waals surface area contributed by atoms with Gasteiger partial charge in [-0.05, 0) is 48.6 Å². The molecule has 4 nitrogen and oxygen atoms in total. The number of carbonyl (C=O) groups excluding carboxylic acids is 1. The maximum Gasteiger partial charge on any atom is 0.244 e. The molecule has 0 saturated carbocycles. The van der Waals surface area contributed by atoms with Crippen molar-refractivity contribution in [2.45, 2.75) is 18.9 Å². The Kier molecular flexibility index (Phi) is 5.26. The number of benzene rings is 1. The Morgan fingerprint density at radius 1 is 1.21 bits per heavy atom. The number of carbonyl (C=O) groups is 1. The summed E-state index contributed by atoms with van der Waals surface area (Å²) in [6, 6.07) is 14.1. The summed E-state index contributed by atoms with van der Waals surface area (Å²) >= 11 is 0. The first-order chi connectivity index (χ1) is 11.6. The lowest BCUT2D eigenvalue weighted by molar-refractivity contribution is -0.134. The van der Waals surface area contributed by atoms with E-state index in [1.165, 1.54) is 5.56 Å². The molecule has 0 bridgehead atoms. The summed E-state index contributed by atoms with van der Waals surface area (Å²) in [6.45, 7) is 1.93. The maximum atomic E-state index is 12.8. The normalized spacial score (nSPS) is 19.2. The summed E-state index contributed by atoms with van der Waals surface area (Å²) in [5.41, 5.74) is 2.41. The first-order valence-electron chi connectivity index (χ1n) is 8.54. The van der Waals surface area contributed by atoms with Crippen molar-refractivity contribution >= 4 is 5.91 Å². The number of pyridine rings is 1. The first kappa shape index (κ1) is 16.7. The van der Waals surface area contributed by atoms with Gasteiger partial charge in [0.1, 0.15) is 6.04 Å². The van der Waals surface area contributed by atoms with Gasteiger partial charge in [0.15, 0.2) is 0 Å². The van der Waals surface area contributed by atoms with Crippen LogP contribution in [-0.2, 0) is 11.2 Å². The highest BCUT2D eigenvalue weighted by molar-refractivity contribution is 5.82. The summed E-state index contributed by atoms with van der Waals surface area (Å²) in [6.07, 6.45) is 5.89. The zero-order valence-electron chi connectivity index (χ0n) is 14.4. The standard InChI is InChI=1S/C20H25N3O/c1-22(2)20(24)19(18-6-4-3-5-7-18)23-13-10-17(15-23)14-16-8-11-21-12-9-16/h3-9,11-12,17,19H,10,13-15H2,1-2H3. The van der Waals surface area contributed by atoms with Gasteiger partial charge in [-0.15, -0.1) is 0 Å². The third-order valence-corrected chi connectivity index (χ3v) is 4.75. The second-order valence-corrected chi connectivity index (χ2v) is 6.76. The Hall–Kier alpha value is -2.20. The molecular formula is C20H25N3O. The van der Waals surface area contributed by atoms with Gasteiger partial charge in [-0.25, -0.2) is 0 Å². The second-order valence-electron chi connectivity index (χ2n) is 6.76. The van der Waals surface area contributed by atoms with Crippen LogP contribution in [0.1, 0.15) is 23.6 Å². The minimum atomic E-state index is -0.177. The molecule has 2 atom stereocenters. The van der Waals surface area contributed by atoms with E-state index in [0.717, 1.165) is 31.5 Å². The molecule has 4 heteroatoms. The SMILES string of the molecule is CN(C)C(=O)C(c1ccccc1)N1CCC(Cc2ccncc2)C1. The molecule has 1 aromatic heterocycles. The number of amides is 1. The lowest BCUT2D eigenvalue weighted by Crippen LogP contribution is -2.39. The summed E-state index contributed by atoms with van der Waals surface area (Å²) < 4.78 is 0. The average molecular weight is 323 g/mol. The molecule has 1 amide bonds. The second kappa shape index (κ2) is 7.58. The highest BCUT2D eigenvalue weighted by Gasteiger charge is 2.34. The van der Waals surface area contributed by atoms with Gasteiger partial charge >= 0.3 is 0 Å². The monoisotopic (exact) mass is 323 g/mol. The molecule has 2 aromatic rings. The Balaban J connectivity index is 1.74. The van der Waals surface area contributed by atoms with E-state index in [-0.39, 0.29) is 11.9 Å². The highest BCUT2D eigenvalue weighted by Crippen LogP contribution is 2.30. The fraction of sp³-hybridized carbons (Fsp3) is 0.400. The number of hydrogen-bond acceptors (Lipinski definition) is 3. The van der Waals surface area contributed by atoms with Crippen LogP contribution in [0.15, 0.2) is 54.9 Å². The van der Waals surface area contributed by atoms with Crippen LogP contribution in [0.25, 0.3) is 0 Å². The van der Waals surface area contributed by atoms with Crippen LogP contribution in [0.4, 0.5) is 0 Å². The molecule has 2 heterocycles. The lowest BCUT2D eigenvalue weighted by atomic mass is 9.99. The van der Waals surface area contributed by atoms with Gasteiger partial charge in [-0.2, -0.15) is 0 Å². The van der Waals surface area contributed by atoms with Gasteiger partial charge in [0.05, 0.1) is 0 Å². The van der Waals surface area contributed by atoms with Crippen LogP contribution < -0.4 is 0 Å². The van der Waals surface area contributed by atoms with Crippen molar-refractivity contribution in [2.24, 2.45) is 5.92 Å². The molecule has 1 saturated heterocycles. The fourth-order valence-electron chi connectivity index (χ4n) is 3.51. The molecule has 126 valence electrons. The summed E-state index contributed by atoms with van der Waals surface area (Å²) in [5.74, 6) is 0.749. The number of likely N-dealkylation sites (tertiary alicyclic amines) is 1. The predicted octanol–water partition coefficient (Wildman–Crippen LogP) is 2.78.